The fourth-order valence-electron chi connectivity index (χ4n) is 4.43. The van der Waals surface area contributed by atoms with E-state index in [1.807, 2.05) is 29.2 Å². The molecule has 0 N–H and O–H groups in total. The third-order valence-electron chi connectivity index (χ3n) is 6.20. The first-order valence-electron chi connectivity index (χ1n) is 10.5. The van der Waals surface area contributed by atoms with Crippen LogP contribution in [0.15, 0.2) is 54.6 Å². The molecular weight excluding hydrogens is 364 g/mol. The first-order chi connectivity index (χ1) is 14.2. The zero-order chi connectivity index (χ0) is 20.1. The first-order valence-corrected chi connectivity index (χ1v) is 10.5. The zero-order valence-electron chi connectivity index (χ0n) is 17.2. The van der Waals surface area contributed by atoms with Crippen LogP contribution in [0, 0.1) is 0 Å². The number of carbonyl (C=O) groups excluding carboxylic acids is 1. The van der Waals surface area contributed by atoms with E-state index in [0.717, 1.165) is 38.9 Å². The summed E-state index contributed by atoms with van der Waals surface area (Å²) in [5.74, 6) is 0.672. The Morgan fingerprint density at radius 3 is 2.52 bits per heavy atom. The van der Waals surface area contributed by atoms with Gasteiger partial charge in [-0.3, -0.25) is 4.79 Å². The van der Waals surface area contributed by atoms with Crippen LogP contribution in [0.1, 0.15) is 28.8 Å². The van der Waals surface area contributed by atoms with Gasteiger partial charge in [0, 0.05) is 26.2 Å². The minimum absolute atomic E-state index is 0.0385. The number of morpholine rings is 1. The average molecular weight is 395 g/mol. The number of likely N-dealkylation sites (tertiary alicyclic amines) is 1. The van der Waals surface area contributed by atoms with Gasteiger partial charge >= 0.3 is 0 Å². The Morgan fingerprint density at radius 1 is 1.03 bits per heavy atom. The Kier molecular flexibility index (Phi) is 6.16. The van der Waals surface area contributed by atoms with Gasteiger partial charge in [0.15, 0.2) is 0 Å². The van der Waals surface area contributed by atoms with E-state index < -0.39 is 0 Å². The molecule has 2 aromatic rings. The number of rotatable bonds is 5. The summed E-state index contributed by atoms with van der Waals surface area (Å²) in [5.41, 5.74) is 1.81. The van der Waals surface area contributed by atoms with Crippen LogP contribution in [-0.4, -0.2) is 67.7 Å². The van der Waals surface area contributed by atoms with Crippen molar-refractivity contribution in [1.29, 1.82) is 0 Å². The van der Waals surface area contributed by atoms with Gasteiger partial charge in [0.2, 0.25) is 0 Å². The van der Waals surface area contributed by atoms with Crippen molar-refractivity contribution in [1.82, 2.24) is 9.80 Å². The van der Waals surface area contributed by atoms with Crippen LogP contribution in [0.2, 0.25) is 0 Å². The van der Waals surface area contributed by atoms with E-state index >= 15 is 0 Å². The highest BCUT2D eigenvalue weighted by Crippen LogP contribution is 2.31. The minimum Gasteiger partial charge on any atom is -0.496 e. The van der Waals surface area contributed by atoms with Gasteiger partial charge in [-0.2, -0.15) is 0 Å². The molecule has 1 spiro atoms. The van der Waals surface area contributed by atoms with E-state index in [1.165, 1.54) is 5.56 Å². The molecule has 5 nitrogen and oxygen atoms in total. The summed E-state index contributed by atoms with van der Waals surface area (Å²) in [4.78, 5) is 17.6. The standard InChI is InChI=1S/C24H30N2O3/c1-28-22-10-6-5-9-21(22)23(27)26-17-18-29-24(19-26)12-15-25(16-13-24)14-11-20-7-3-2-4-8-20/h2-10H,11-19H2,1H3. The number of carbonyl (C=O) groups is 1. The lowest BCUT2D eigenvalue weighted by atomic mass is 9.89. The van der Waals surface area contributed by atoms with Gasteiger partial charge in [-0.1, -0.05) is 42.5 Å². The second kappa shape index (κ2) is 8.97. The molecule has 0 aliphatic carbocycles. The van der Waals surface area contributed by atoms with Crippen LogP contribution in [0.5, 0.6) is 5.75 Å². The van der Waals surface area contributed by atoms with Crippen LogP contribution >= 0.6 is 0 Å². The van der Waals surface area contributed by atoms with Gasteiger partial charge in [0.1, 0.15) is 5.75 Å². The van der Waals surface area contributed by atoms with E-state index in [2.05, 4.69) is 35.2 Å². The fourth-order valence-corrected chi connectivity index (χ4v) is 4.43. The van der Waals surface area contributed by atoms with Crippen molar-refractivity contribution in [3.8, 4) is 5.75 Å². The molecule has 0 radical (unpaired) electrons. The molecule has 2 heterocycles. The molecule has 2 fully saturated rings. The second-order valence-corrected chi connectivity index (χ2v) is 8.04. The number of para-hydroxylation sites is 1. The monoisotopic (exact) mass is 394 g/mol. The molecule has 2 aliphatic heterocycles. The Morgan fingerprint density at radius 2 is 1.76 bits per heavy atom. The molecule has 0 atom stereocenters. The molecule has 4 rings (SSSR count). The summed E-state index contributed by atoms with van der Waals surface area (Å²) in [7, 11) is 1.61. The Labute approximate surface area is 173 Å². The molecule has 0 saturated carbocycles. The van der Waals surface area contributed by atoms with E-state index in [-0.39, 0.29) is 11.5 Å². The van der Waals surface area contributed by atoms with Crippen molar-refractivity contribution in [2.75, 3.05) is 46.4 Å². The van der Waals surface area contributed by atoms with Crippen LogP contribution in [0.25, 0.3) is 0 Å². The smallest absolute Gasteiger partial charge is 0.257 e. The summed E-state index contributed by atoms with van der Waals surface area (Å²) in [5, 5.41) is 0. The van der Waals surface area contributed by atoms with Crippen LogP contribution in [0.3, 0.4) is 0 Å². The lowest BCUT2D eigenvalue weighted by Crippen LogP contribution is -2.58. The van der Waals surface area contributed by atoms with Crippen molar-refractivity contribution in [2.45, 2.75) is 24.9 Å². The molecule has 2 aromatic carbocycles. The predicted octanol–water partition coefficient (Wildman–Crippen LogP) is 3.24. The maximum absolute atomic E-state index is 13.1. The lowest BCUT2D eigenvalue weighted by Gasteiger charge is -2.47. The Hall–Kier alpha value is -2.37. The molecule has 29 heavy (non-hydrogen) atoms. The van der Waals surface area contributed by atoms with Gasteiger partial charge in [-0.05, 0) is 37.0 Å². The number of hydrogen-bond donors (Lipinski definition) is 0. The first kappa shape index (κ1) is 19.9. The number of hydrogen-bond acceptors (Lipinski definition) is 4. The summed E-state index contributed by atoms with van der Waals surface area (Å²) < 4.78 is 11.6. The van der Waals surface area contributed by atoms with Gasteiger partial charge in [-0.25, -0.2) is 0 Å². The Bertz CT molecular complexity index is 816. The SMILES string of the molecule is COc1ccccc1C(=O)N1CCOC2(CCN(CCc3ccccc3)CC2)C1. The van der Waals surface area contributed by atoms with Gasteiger partial charge in [0.05, 0.1) is 31.4 Å². The van der Waals surface area contributed by atoms with Gasteiger partial charge in [0.25, 0.3) is 5.91 Å². The number of benzene rings is 2. The summed E-state index contributed by atoms with van der Waals surface area (Å²) in [6.07, 6.45) is 3.02. The molecule has 5 heteroatoms. The summed E-state index contributed by atoms with van der Waals surface area (Å²) >= 11 is 0. The topological polar surface area (TPSA) is 42.0 Å². The molecular formula is C24H30N2O3. The zero-order valence-corrected chi connectivity index (χ0v) is 17.2. The van der Waals surface area contributed by atoms with Gasteiger partial charge < -0.3 is 19.3 Å². The van der Waals surface area contributed by atoms with Crippen molar-refractivity contribution in [3.63, 3.8) is 0 Å². The highest BCUT2D eigenvalue weighted by molar-refractivity contribution is 5.97. The quantitative estimate of drug-likeness (QED) is 0.781. The number of ether oxygens (including phenoxy) is 2. The molecule has 2 saturated heterocycles. The number of methoxy groups -OCH3 is 1. The number of amides is 1. The molecule has 1 amide bonds. The number of piperidine rings is 1. The molecule has 0 aromatic heterocycles. The van der Waals surface area contributed by atoms with E-state index in [4.69, 9.17) is 9.47 Å². The summed E-state index contributed by atoms with van der Waals surface area (Å²) in [6, 6.07) is 18.1. The average Bonchev–Trinajstić information content (AvgIpc) is 2.79. The largest absolute Gasteiger partial charge is 0.496 e. The molecule has 0 unspecified atom stereocenters. The van der Waals surface area contributed by atoms with Crippen LogP contribution in [0.4, 0.5) is 0 Å². The van der Waals surface area contributed by atoms with Crippen molar-refractivity contribution in [2.24, 2.45) is 0 Å². The van der Waals surface area contributed by atoms with Crippen LogP contribution < -0.4 is 4.74 Å². The van der Waals surface area contributed by atoms with E-state index in [1.54, 1.807) is 7.11 Å². The third-order valence-corrected chi connectivity index (χ3v) is 6.20. The third kappa shape index (κ3) is 4.62. The lowest BCUT2D eigenvalue weighted by molar-refractivity contribution is -0.127. The highest BCUT2D eigenvalue weighted by atomic mass is 16.5. The minimum atomic E-state index is -0.209. The predicted molar refractivity (Wildman–Crippen MR) is 113 cm³/mol. The molecule has 2 aliphatic rings. The maximum Gasteiger partial charge on any atom is 0.257 e. The van der Waals surface area contributed by atoms with Crippen molar-refractivity contribution >= 4 is 5.91 Å². The van der Waals surface area contributed by atoms with E-state index in [0.29, 0.717) is 31.0 Å². The van der Waals surface area contributed by atoms with Crippen molar-refractivity contribution < 1.29 is 14.3 Å². The second-order valence-electron chi connectivity index (χ2n) is 8.04. The van der Waals surface area contributed by atoms with Gasteiger partial charge in [-0.15, -0.1) is 0 Å². The molecule has 0 bridgehead atoms. The normalized spacial score (nSPS) is 19.3. The fraction of sp³-hybridized carbons (Fsp3) is 0.458. The maximum atomic E-state index is 13.1. The Balaban J connectivity index is 1.34. The summed E-state index contributed by atoms with van der Waals surface area (Å²) in [6.45, 7) is 5.01. The van der Waals surface area contributed by atoms with Crippen LogP contribution in [-0.2, 0) is 11.2 Å². The highest BCUT2D eigenvalue weighted by Gasteiger charge is 2.41. The van der Waals surface area contributed by atoms with E-state index in [9.17, 15) is 4.79 Å². The number of nitrogens with zero attached hydrogens (tertiary/aromatic N) is 2. The van der Waals surface area contributed by atoms with Crippen molar-refractivity contribution in [3.05, 3.63) is 65.7 Å². The molecule has 154 valence electrons.